The van der Waals surface area contributed by atoms with Crippen LogP contribution in [0.3, 0.4) is 0 Å². The fraction of sp³-hybridized carbons (Fsp3) is 0.382. The van der Waals surface area contributed by atoms with Crippen molar-refractivity contribution in [1.29, 1.82) is 0 Å². The van der Waals surface area contributed by atoms with Crippen LogP contribution in [0.15, 0.2) is 60.7 Å². The zero-order valence-electron chi connectivity index (χ0n) is 24.0. The lowest BCUT2D eigenvalue weighted by molar-refractivity contribution is 0.209. The second-order valence-electron chi connectivity index (χ2n) is 11.1. The highest BCUT2D eigenvalue weighted by molar-refractivity contribution is 5.73. The van der Waals surface area contributed by atoms with Gasteiger partial charge in [-0.15, -0.1) is 0 Å². The Labute approximate surface area is 246 Å². The summed E-state index contributed by atoms with van der Waals surface area (Å²) in [6.45, 7) is 2.70. The van der Waals surface area contributed by atoms with Gasteiger partial charge in [-0.2, -0.15) is 0 Å². The average molecular weight is 568 g/mol. The molecule has 0 amide bonds. The van der Waals surface area contributed by atoms with E-state index in [1.54, 1.807) is 24.3 Å². The summed E-state index contributed by atoms with van der Waals surface area (Å²) in [7, 11) is 0. The molecule has 8 heteroatoms. The third-order valence-electron chi connectivity index (χ3n) is 7.85. The average Bonchev–Trinajstić information content (AvgIpc) is 3.71. The van der Waals surface area contributed by atoms with E-state index >= 15 is 0 Å². The highest BCUT2D eigenvalue weighted by atomic mass is 16.5. The first kappa shape index (κ1) is 27.8. The SMILES string of the molecule is CCCOc1ccc(-c2nc(-c3ccc(OC4CCCC4)cc3O)nc(-c3ccc(OC4CCCC4)cc3O)n2)cc1. The second-order valence-corrected chi connectivity index (χ2v) is 11.1. The molecule has 8 nitrogen and oxygen atoms in total. The molecule has 4 aromatic rings. The van der Waals surface area contributed by atoms with Gasteiger partial charge in [0.2, 0.25) is 0 Å². The molecule has 2 aliphatic carbocycles. The van der Waals surface area contributed by atoms with Crippen LogP contribution in [0, 0.1) is 0 Å². The van der Waals surface area contributed by atoms with Crippen LogP contribution < -0.4 is 14.2 Å². The molecule has 1 heterocycles. The Morgan fingerprint density at radius 2 is 1.07 bits per heavy atom. The van der Waals surface area contributed by atoms with E-state index in [2.05, 4.69) is 6.92 Å². The predicted octanol–water partition coefficient (Wildman–Crippen LogP) is 7.72. The largest absolute Gasteiger partial charge is 0.507 e. The summed E-state index contributed by atoms with van der Waals surface area (Å²) in [6, 6.07) is 18.0. The number of phenols is 2. The normalized spacial score (nSPS) is 15.6. The highest BCUT2D eigenvalue weighted by Gasteiger charge is 2.21. The van der Waals surface area contributed by atoms with Crippen LogP contribution in [-0.4, -0.2) is 44.0 Å². The fourth-order valence-corrected chi connectivity index (χ4v) is 5.61. The van der Waals surface area contributed by atoms with E-state index in [1.165, 1.54) is 0 Å². The van der Waals surface area contributed by atoms with Crippen LogP contribution >= 0.6 is 0 Å². The van der Waals surface area contributed by atoms with Gasteiger partial charge in [0.15, 0.2) is 17.5 Å². The molecule has 0 bridgehead atoms. The second kappa shape index (κ2) is 12.7. The van der Waals surface area contributed by atoms with E-state index in [0.717, 1.165) is 69.1 Å². The van der Waals surface area contributed by atoms with Crippen molar-refractivity contribution in [3.05, 3.63) is 60.7 Å². The van der Waals surface area contributed by atoms with Crippen molar-refractivity contribution in [1.82, 2.24) is 15.0 Å². The minimum Gasteiger partial charge on any atom is -0.507 e. The maximum atomic E-state index is 11.0. The number of aromatic hydroxyl groups is 2. The molecule has 2 fully saturated rings. The van der Waals surface area contributed by atoms with E-state index < -0.39 is 0 Å². The molecule has 0 atom stereocenters. The van der Waals surface area contributed by atoms with Gasteiger partial charge in [-0.05, 0) is 106 Å². The van der Waals surface area contributed by atoms with Crippen molar-refractivity contribution in [2.45, 2.75) is 76.9 Å². The van der Waals surface area contributed by atoms with Crippen molar-refractivity contribution in [2.75, 3.05) is 6.61 Å². The van der Waals surface area contributed by atoms with Crippen molar-refractivity contribution in [2.24, 2.45) is 0 Å². The maximum absolute atomic E-state index is 11.0. The maximum Gasteiger partial charge on any atom is 0.167 e. The van der Waals surface area contributed by atoms with Crippen molar-refractivity contribution in [3.8, 4) is 62.9 Å². The molecule has 2 N–H and O–H groups in total. The molecule has 3 aromatic carbocycles. The summed E-state index contributed by atoms with van der Waals surface area (Å²) in [5.74, 6) is 3.03. The first-order valence-electron chi connectivity index (χ1n) is 15.0. The van der Waals surface area contributed by atoms with Gasteiger partial charge in [-0.3, -0.25) is 0 Å². The standard InChI is InChI=1S/C34H37N3O5/c1-2-19-40-23-13-11-22(12-14-23)32-35-33(28-17-15-26(20-30(28)38)41-24-7-3-4-8-24)37-34(36-32)29-18-16-27(21-31(29)39)42-25-9-5-6-10-25/h11-18,20-21,24-25,38-39H,2-10,19H2,1H3. The lowest BCUT2D eigenvalue weighted by atomic mass is 10.1. The molecular formula is C34H37N3O5. The zero-order valence-corrected chi connectivity index (χ0v) is 24.0. The van der Waals surface area contributed by atoms with E-state index in [1.807, 2.05) is 36.4 Å². The Balaban J connectivity index is 1.36. The number of rotatable bonds is 10. The molecule has 42 heavy (non-hydrogen) atoms. The third kappa shape index (κ3) is 6.43. The molecule has 0 unspecified atom stereocenters. The molecular weight excluding hydrogens is 530 g/mol. The van der Waals surface area contributed by atoms with Gasteiger partial charge in [-0.1, -0.05) is 6.92 Å². The van der Waals surface area contributed by atoms with Crippen LogP contribution in [0.25, 0.3) is 34.2 Å². The molecule has 0 spiro atoms. The van der Waals surface area contributed by atoms with Crippen LogP contribution in [0.4, 0.5) is 0 Å². The van der Waals surface area contributed by atoms with E-state index in [0.29, 0.717) is 35.1 Å². The first-order valence-corrected chi connectivity index (χ1v) is 15.0. The number of hydrogen-bond donors (Lipinski definition) is 2. The number of nitrogens with zero attached hydrogens (tertiary/aromatic N) is 3. The highest BCUT2D eigenvalue weighted by Crippen LogP contribution is 2.37. The van der Waals surface area contributed by atoms with Gasteiger partial charge in [0, 0.05) is 17.7 Å². The summed E-state index contributed by atoms with van der Waals surface area (Å²) in [4.78, 5) is 14.2. The van der Waals surface area contributed by atoms with Crippen molar-refractivity contribution in [3.63, 3.8) is 0 Å². The van der Waals surface area contributed by atoms with Crippen molar-refractivity contribution < 1.29 is 24.4 Å². The summed E-state index contributed by atoms with van der Waals surface area (Å²) in [5, 5.41) is 22.0. The Bertz CT molecular complexity index is 1430. The summed E-state index contributed by atoms with van der Waals surface area (Å²) in [5.41, 5.74) is 1.65. The monoisotopic (exact) mass is 567 g/mol. The third-order valence-corrected chi connectivity index (χ3v) is 7.85. The van der Waals surface area contributed by atoms with E-state index in [9.17, 15) is 10.2 Å². The lowest BCUT2D eigenvalue weighted by Gasteiger charge is -2.15. The molecule has 6 rings (SSSR count). The summed E-state index contributed by atoms with van der Waals surface area (Å²) >= 11 is 0. The Hall–Kier alpha value is -4.33. The number of benzene rings is 3. The molecule has 1 aromatic heterocycles. The molecule has 2 aliphatic rings. The van der Waals surface area contributed by atoms with Gasteiger partial charge >= 0.3 is 0 Å². The number of aromatic nitrogens is 3. The van der Waals surface area contributed by atoms with Crippen molar-refractivity contribution >= 4 is 0 Å². The van der Waals surface area contributed by atoms with Crippen LogP contribution in [-0.2, 0) is 0 Å². The number of ether oxygens (including phenoxy) is 3. The molecule has 0 aliphatic heterocycles. The molecule has 218 valence electrons. The van der Waals surface area contributed by atoms with Gasteiger partial charge < -0.3 is 24.4 Å². The minimum absolute atomic E-state index is 0.0152. The predicted molar refractivity (Wildman–Crippen MR) is 161 cm³/mol. The lowest BCUT2D eigenvalue weighted by Crippen LogP contribution is -2.10. The summed E-state index contributed by atoms with van der Waals surface area (Å²) in [6.07, 6.45) is 10.0. The Morgan fingerprint density at radius 3 is 1.52 bits per heavy atom. The van der Waals surface area contributed by atoms with Gasteiger partial charge in [-0.25, -0.2) is 15.0 Å². The van der Waals surface area contributed by atoms with Gasteiger partial charge in [0.1, 0.15) is 28.7 Å². The summed E-state index contributed by atoms with van der Waals surface area (Å²) < 4.78 is 17.9. The molecule has 0 radical (unpaired) electrons. The molecule has 2 saturated carbocycles. The Morgan fingerprint density at radius 1 is 0.619 bits per heavy atom. The first-order chi connectivity index (χ1) is 20.6. The smallest absolute Gasteiger partial charge is 0.167 e. The van der Waals surface area contributed by atoms with Gasteiger partial charge in [0.05, 0.1) is 29.9 Å². The molecule has 0 saturated heterocycles. The van der Waals surface area contributed by atoms with E-state index in [-0.39, 0.29) is 35.4 Å². The number of phenolic OH excluding ortho intramolecular Hbond substituents is 2. The van der Waals surface area contributed by atoms with Gasteiger partial charge in [0.25, 0.3) is 0 Å². The fourth-order valence-electron chi connectivity index (χ4n) is 5.61. The van der Waals surface area contributed by atoms with Crippen LogP contribution in [0.1, 0.15) is 64.7 Å². The van der Waals surface area contributed by atoms with Crippen LogP contribution in [0.5, 0.6) is 28.7 Å². The zero-order chi connectivity index (χ0) is 28.9. The van der Waals surface area contributed by atoms with Crippen LogP contribution in [0.2, 0.25) is 0 Å². The number of hydrogen-bond acceptors (Lipinski definition) is 8. The Kier molecular flexibility index (Phi) is 8.40. The quantitative estimate of drug-likeness (QED) is 0.201. The minimum atomic E-state index is 0.0152. The van der Waals surface area contributed by atoms with E-state index in [4.69, 9.17) is 29.2 Å². The topological polar surface area (TPSA) is 107 Å².